The predicted octanol–water partition coefficient (Wildman–Crippen LogP) is 0.855. The van der Waals surface area contributed by atoms with Gasteiger partial charge in [-0.05, 0) is 5.92 Å². The molecule has 0 aromatic heterocycles. The molecule has 0 saturated carbocycles. The molecule has 1 unspecified atom stereocenters. The smallest absolute Gasteiger partial charge is 0.275 e. The average molecular weight is 187 g/mol. The van der Waals surface area contributed by atoms with Crippen molar-refractivity contribution < 1.29 is 9.28 Å². The Hall–Kier alpha value is -0.570. The molecule has 13 heavy (non-hydrogen) atoms. The standard InChI is InChI=1S/C10H22N2O/c1-6-9(2)7-11-10(13)8-12(3,4)5/h9H,6-8H2,1-5H3/p+1. The van der Waals surface area contributed by atoms with Crippen LogP contribution in [-0.2, 0) is 4.79 Å². The Morgan fingerprint density at radius 2 is 1.92 bits per heavy atom. The van der Waals surface area contributed by atoms with Crippen LogP contribution in [0.3, 0.4) is 0 Å². The van der Waals surface area contributed by atoms with E-state index in [2.05, 4.69) is 19.2 Å². The van der Waals surface area contributed by atoms with Crippen LogP contribution in [-0.4, -0.2) is 44.6 Å². The van der Waals surface area contributed by atoms with E-state index in [1.165, 1.54) is 0 Å². The molecular formula is C10H23N2O+. The molecule has 78 valence electrons. The molecule has 3 heteroatoms. The number of nitrogens with zero attached hydrogens (tertiary/aromatic N) is 1. The van der Waals surface area contributed by atoms with Crippen molar-refractivity contribution in [3.8, 4) is 0 Å². The molecule has 0 aliphatic rings. The summed E-state index contributed by atoms with van der Waals surface area (Å²) >= 11 is 0. The van der Waals surface area contributed by atoms with Crippen molar-refractivity contribution in [2.45, 2.75) is 20.3 Å². The first-order valence-electron chi connectivity index (χ1n) is 4.92. The Balaban J connectivity index is 3.64. The number of nitrogens with one attached hydrogen (secondary N) is 1. The molecule has 1 N–H and O–H groups in total. The van der Waals surface area contributed by atoms with E-state index < -0.39 is 0 Å². The first-order chi connectivity index (χ1) is 5.85. The molecule has 0 bridgehead atoms. The number of hydrogen-bond donors (Lipinski definition) is 1. The summed E-state index contributed by atoms with van der Waals surface area (Å²) in [6.07, 6.45) is 1.12. The van der Waals surface area contributed by atoms with Gasteiger partial charge in [-0.1, -0.05) is 20.3 Å². The van der Waals surface area contributed by atoms with E-state index in [0.717, 1.165) is 13.0 Å². The van der Waals surface area contributed by atoms with Crippen LogP contribution in [0.1, 0.15) is 20.3 Å². The highest BCUT2D eigenvalue weighted by Crippen LogP contribution is 1.97. The molecule has 0 aromatic carbocycles. The first kappa shape index (κ1) is 12.4. The predicted molar refractivity (Wildman–Crippen MR) is 55.4 cm³/mol. The summed E-state index contributed by atoms with van der Waals surface area (Å²) in [5, 5.41) is 2.94. The second-order valence-corrected chi connectivity index (χ2v) is 4.77. The van der Waals surface area contributed by atoms with Crippen LogP contribution < -0.4 is 5.32 Å². The molecule has 0 heterocycles. The third kappa shape index (κ3) is 7.78. The molecule has 0 saturated heterocycles. The van der Waals surface area contributed by atoms with E-state index in [9.17, 15) is 4.79 Å². The minimum atomic E-state index is 0.146. The topological polar surface area (TPSA) is 29.1 Å². The Kier molecular flexibility index (Phi) is 4.99. The highest BCUT2D eigenvalue weighted by atomic mass is 16.2. The van der Waals surface area contributed by atoms with Crippen molar-refractivity contribution in [3.63, 3.8) is 0 Å². The fourth-order valence-corrected chi connectivity index (χ4v) is 0.919. The summed E-state index contributed by atoms with van der Waals surface area (Å²) in [4.78, 5) is 11.4. The average Bonchev–Trinajstić information content (AvgIpc) is 1.97. The number of carbonyl (C=O) groups excluding carboxylic acids is 1. The SMILES string of the molecule is CCC(C)CNC(=O)C[N+](C)(C)C. The van der Waals surface area contributed by atoms with Crippen molar-refractivity contribution in [2.75, 3.05) is 34.2 Å². The van der Waals surface area contributed by atoms with Gasteiger partial charge in [0.25, 0.3) is 5.91 Å². The van der Waals surface area contributed by atoms with E-state index >= 15 is 0 Å². The number of carbonyl (C=O) groups is 1. The summed E-state index contributed by atoms with van der Waals surface area (Å²) < 4.78 is 0.687. The van der Waals surface area contributed by atoms with Crippen molar-refractivity contribution >= 4 is 5.91 Å². The largest absolute Gasteiger partial charge is 0.351 e. The van der Waals surface area contributed by atoms with E-state index in [0.29, 0.717) is 16.9 Å². The monoisotopic (exact) mass is 187 g/mol. The Labute approximate surface area is 81.7 Å². The zero-order valence-corrected chi connectivity index (χ0v) is 9.55. The Bertz CT molecular complexity index is 161. The number of amides is 1. The van der Waals surface area contributed by atoms with Crippen LogP contribution in [0.15, 0.2) is 0 Å². The fourth-order valence-electron chi connectivity index (χ4n) is 0.919. The van der Waals surface area contributed by atoms with Gasteiger partial charge in [0.15, 0.2) is 6.54 Å². The van der Waals surface area contributed by atoms with E-state index in [1.54, 1.807) is 0 Å². The van der Waals surface area contributed by atoms with Gasteiger partial charge in [-0.3, -0.25) is 4.79 Å². The quantitative estimate of drug-likeness (QED) is 0.635. The van der Waals surface area contributed by atoms with Gasteiger partial charge < -0.3 is 9.80 Å². The molecular weight excluding hydrogens is 164 g/mol. The number of likely N-dealkylation sites (N-methyl/N-ethyl adjacent to an activating group) is 1. The van der Waals surface area contributed by atoms with Gasteiger partial charge in [0, 0.05) is 6.54 Å². The highest BCUT2D eigenvalue weighted by Gasteiger charge is 2.13. The van der Waals surface area contributed by atoms with Gasteiger partial charge in [-0.2, -0.15) is 0 Å². The summed E-state index contributed by atoms with van der Waals surface area (Å²) in [5.74, 6) is 0.726. The summed E-state index contributed by atoms with van der Waals surface area (Å²) in [6.45, 7) is 5.63. The van der Waals surface area contributed by atoms with Crippen LogP contribution in [0.5, 0.6) is 0 Å². The second kappa shape index (κ2) is 5.22. The third-order valence-electron chi connectivity index (χ3n) is 1.96. The summed E-state index contributed by atoms with van der Waals surface area (Å²) in [7, 11) is 6.05. The van der Waals surface area contributed by atoms with Gasteiger partial charge in [-0.25, -0.2) is 0 Å². The highest BCUT2D eigenvalue weighted by molar-refractivity contribution is 5.76. The number of hydrogen-bond acceptors (Lipinski definition) is 1. The van der Waals surface area contributed by atoms with Crippen molar-refractivity contribution in [2.24, 2.45) is 5.92 Å². The molecule has 0 aliphatic heterocycles. The van der Waals surface area contributed by atoms with Crippen LogP contribution >= 0.6 is 0 Å². The fraction of sp³-hybridized carbons (Fsp3) is 0.900. The summed E-state index contributed by atoms with van der Waals surface area (Å²) in [6, 6.07) is 0. The molecule has 1 atom stereocenters. The molecule has 0 rings (SSSR count). The van der Waals surface area contributed by atoms with E-state index in [4.69, 9.17) is 0 Å². The van der Waals surface area contributed by atoms with Gasteiger partial charge >= 0.3 is 0 Å². The van der Waals surface area contributed by atoms with Crippen LogP contribution in [0, 0.1) is 5.92 Å². The second-order valence-electron chi connectivity index (χ2n) is 4.77. The maximum absolute atomic E-state index is 11.4. The Morgan fingerprint density at radius 3 is 2.31 bits per heavy atom. The minimum absolute atomic E-state index is 0.146. The summed E-state index contributed by atoms with van der Waals surface area (Å²) in [5.41, 5.74) is 0. The lowest BCUT2D eigenvalue weighted by molar-refractivity contribution is -0.862. The maximum atomic E-state index is 11.4. The minimum Gasteiger partial charge on any atom is -0.351 e. The third-order valence-corrected chi connectivity index (χ3v) is 1.96. The van der Waals surface area contributed by atoms with Crippen molar-refractivity contribution in [3.05, 3.63) is 0 Å². The van der Waals surface area contributed by atoms with Crippen LogP contribution in [0.25, 0.3) is 0 Å². The number of rotatable bonds is 5. The molecule has 0 aliphatic carbocycles. The van der Waals surface area contributed by atoms with E-state index in [1.807, 2.05) is 21.1 Å². The van der Waals surface area contributed by atoms with Gasteiger partial charge in [0.1, 0.15) is 0 Å². The lowest BCUT2D eigenvalue weighted by Gasteiger charge is -2.23. The molecule has 3 nitrogen and oxygen atoms in total. The molecule has 1 amide bonds. The molecule has 0 fully saturated rings. The Morgan fingerprint density at radius 1 is 1.38 bits per heavy atom. The van der Waals surface area contributed by atoms with Crippen LogP contribution in [0.2, 0.25) is 0 Å². The van der Waals surface area contributed by atoms with E-state index in [-0.39, 0.29) is 5.91 Å². The van der Waals surface area contributed by atoms with Gasteiger partial charge in [0.2, 0.25) is 0 Å². The zero-order chi connectivity index (χ0) is 10.5. The van der Waals surface area contributed by atoms with Gasteiger partial charge in [0.05, 0.1) is 21.1 Å². The van der Waals surface area contributed by atoms with Crippen LogP contribution in [0.4, 0.5) is 0 Å². The lowest BCUT2D eigenvalue weighted by Crippen LogP contribution is -2.45. The van der Waals surface area contributed by atoms with Crippen molar-refractivity contribution in [1.82, 2.24) is 5.32 Å². The first-order valence-corrected chi connectivity index (χ1v) is 4.92. The van der Waals surface area contributed by atoms with Gasteiger partial charge in [-0.15, -0.1) is 0 Å². The van der Waals surface area contributed by atoms with Crippen molar-refractivity contribution in [1.29, 1.82) is 0 Å². The molecule has 0 radical (unpaired) electrons. The maximum Gasteiger partial charge on any atom is 0.275 e. The normalized spacial score (nSPS) is 13.9. The molecule has 0 aromatic rings. The zero-order valence-electron chi connectivity index (χ0n) is 9.55. The lowest BCUT2D eigenvalue weighted by atomic mass is 10.1. The molecule has 0 spiro atoms. The number of quaternary nitrogens is 1.